The average Bonchev–Trinajstić information content (AvgIpc) is 2.51. The standard InChI is InChI=1S/C16H17N3O3S/c1-10-4-5-12(8-11(10)2)17-16(23)18-14-7-6-13(22-3)9-15(14)19(20)21/h4-9H,1-3H3,(H2,17,18,23). The molecule has 0 spiro atoms. The van der Waals surface area contributed by atoms with E-state index in [4.69, 9.17) is 17.0 Å². The third kappa shape index (κ3) is 4.17. The molecule has 23 heavy (non-hydrogen) atoms. The maximum Gasteiger partial charge on any atom is 0.296 e. The van der Waals surface area contributed by atoms with E-state index in [2.05, 4.69) is 10.6 Å². The second-order valence-corrected chi connectivity index (χ2v) is 5.43. The van der Waals surface area contributed by atoms with Crippen molar-refractivity contribution < 1.29 is 9.66 Å². The summed E-state index contributed by atoms with van der Waals surface area (Å²) in [5.74, 6) is 0.412. The first-order chi connectivity index (χ1) is 10.9. The number of hydrogen-bond acceptors (Lipinski definition) is 4. The molecular formula is C16H17N3O3S. The van der Waals surface area contributed by atoms with E-state index in [9.17, 15) is 10.1 Å². The van der Waals surface area contributed by atoms with E-state index in [1.54, 1.807) is 12.1 Å². The molecule has 0 heterocycles. The molecular weight excluding hydrogens is 314 g/mol. The summed E-state index contributed by atoms with van der Waals surface area (Å²) in [5, 5.41) is 17.3. The summed E-state index contributed by atoms with van der Waals surface area (Å²) in [4.78, 5) is 10.7. The molecule has 0 aromatic heterocycles. The molecule has 0 atom stereocenters. The highest BCUT2D eigenvalue weighted by molar-refractivity contribution is 7.80. The van der Waals surface area contributed by atoms with Crippen LogP contribution >= 0.6 is 12.2 Å². The number of hydrogen-bond donors (Lipinski definition) is 2. The van der Waals surface area contributed by atoms with E-state index in [1.807, 2.05) is 32.0 Å². The number of ether oxygens (including phenoxy) is 1. The topological polar surface area (TPSA) is 76.4 Å². The van der Waals surface area contributed by atoms with E-state index >= 15 is 0 Å². The summed E-state index contributed by atoms with van der Waals surface area (Å²) in [6.07, 6.45) is 0. The number of nitrogens with one attached hydrogen (secondary N) is 2. The first-order valence-electron chi connectivity index (χ1n) is 6.88. The molecule has 2 aromatic rings. The minimum atomic E-state index is -0.483. The van der Waals surface area contributed by atoms with Crippen LogP contribution in [0.25, 0.3) is 0 Å². The Balaban J connectivity index is 2.16. The summed E-state index contributed by atoms with van der Waals surface area (Å²) < 4.78 is 5.00. The van der Waals surface area contributed by atoms with Gasteiger partial charge in [-0.25, -0.2) is 0 Å². The van der Waals surface area contributed by atoms with Crippen molar-refractivity contribution in [3.05, 3.63) is 57.6 Å². The second-order valence-electron chi connectivity index (χ2n) is 5.02. The van der Waals surface area contributed by atoms with Crippen LogP contribution in [0.15, 0.2) is 36.4 Å². The van der Waals surface area contributed by atoms with Crippen LogP contribution in [0.2, 0.25) is 0 Å². The van der Waals surface area contributed by atoms with Gasteiger partial charge in [0, 0.05) is 5.69 Å². The van der Waals surface area contributed by atoms with Gasteiger partial charge in [-0.05, 0) is 61.5 Å². The van der Waals surface area contributed by atoms with Gasteiger partial charge in [-0.1, -0.05) is 6.07 Å². The Kier molecular flexibility index (Phi) is 5.13. The molecule has 0 fully saturated rings. The number of nitro groups is 1. The van der Waals surface area contributed by atoms with E-state index in [0.717, 1.165) is 11.3 Å². The van der Waals surface area contributed by atoms with E-state index in [1.165, 1.54) is 18.7 Å². The van der Waals surface area contributed by atoms with Crippen molar-refractivity contribution in [1.29, 1.82) is 0 Å². The molecule has 6 nitrogen and oxygen atoms in total. The predicted octanol–water partition coefficient (Wildman–Crippen LogP) is 4.03. The van der Waals surface area contributed by atoms with Gasteiger partial charge in [0.15, 0.2) is 5.11 Å². The Bertz CT molecular complexity index is 762. The second kappa shape index (κ2) is 7.06. The highest BCUT2D eigenvalue weighted by Crippen LogP contribution is 2.29. The lowest BCUT2D eigenvalue weighted by atomic mass is 10.1. The maximum atomic E-state index is 11.2. The van der Waals surface area contributed by atoms with Crippen LogP contribution in [0, 0.1) is 24.0 Å². The Morgan fingerprint density at radius 1 is 1.13 bits per heavy atom. The van der Waals surface area contributed by atoms with Crippen molar-refractivity contribution in [2.75, 3.05) is 17.7 Å². The van der Waals surface area contributed by atoms with E-state index < -0.39 is 4.92 Å². The molecule has 120 valence electrons. The minimum Gasteiger partial charge on any atom is -0.496 e. The molecule has 0 unspecified atom stereocenters. The highest BCUT2D eigenvalue weighted by atomic mass is 32.1. The lowest BCUT2D eigenvalue weighted by Gasteiger charge is -2.12. The van der Waals surface area contributed by atoms with Crippen LogP contribution in [0.1, 0.15) is 11.1 Å². The number of nitro benzene ring substituents is 1. The minimum absolute atomic E-state index is 0.103. The molecule has 0 saturated heterocycles. The average molecular weight is 331 g/mol. The van der Waals surface area contributed by atoms with Crippen LogP contribution < -0.4 is 15.4 Å². The fourth-order valence-corrected chi connectivity index (χ4v) is 2.23. The van der Waals surface area contributed by atoms with Gasteiger partial charge in [0.05, 0.1) is 18.1 Å². The number of nitrogens with zero attached hydrogens (tertiary/aromatic N) is 1. The van der Waals surface area contributed by atoms with Crippen molar-refractivity contribution in [2.45, 2.75) is 13.8 Å². The van der Waals surface area contributed by atoms with Gasteiger partial charge in [-0.15, -0.1) is 0 Å². The van der Waals surface area contributed by atoms with E-state index in [0.29, 0.717) is 11.4 Å². The van der Waals surface area contributed by atoms with Gasteiger partial charge in [0.25, 0.3) is 5.69 Å². The first kappa shape index (κ1) is 16.7. The molecule has 0 saturated carbocycles. The van der Waals surface area contributed by atoms with Crippen LogP contribution in [-0.4, -0.2) is 17.1 Å². The molecule has 0 radical (unpaired) electrons. The maximum absolute atomic E-state index is 11.2. The summed E-state index contributed by atoms with van der Waals surface area (Å²) in [7, 11) is 1.46. The quantitative estimate of drug-likeness (QED) is 0.500. The van der Waals surface area contributed by atoms with Crippen molar-refractivity contribution in [3.63, 3.8) is 0 Å². The molecule has 0 aliphatic heterocycles. The SMILES string of the molecule is COc1ccc(NC(=S)Nc2ccc(C)c(C)c2)c([N+](=O)[O-])c1. The zero-order chi connectivity index (χ0) is 17.0. The van der Waals surface area contributed by atoms with Crippen molar-refractivity contribution in [3.8, 4) is 5.75 Å². The number of aryl methyl sites for hydroxylation is 2. The lowest BCUT2D eigenvalue weighted by molar-refractivity contribution is -0.384. The number of anilines is 2. The largest absolute Gasteiger partial charge is 0.496 e. The van der Waals surface area contributed by atoms with Crippen LogP contribution in [0.5, 0.6) is 5.75 Å². The molecule has 0 amide bonds. The molecule has 0 aliphatic carbocycles. The third-order valence-electron chi connectivity index (χ3n) is 3.41. The Labute approximate surface area is 139 Å². The lowest BCUT2D eigenvalue weighted by Crippen LogP contribution is -2.19. The Morgan fingerprint density at radius 2 is 1.87 bits per heavy atom. The van der Waals surface area contributed by atoms with Crippen molar-refractivity contribution in [1.82, 2.24) is 0 Å². The molecule has 7 heteroatoms. The zero-order valence-corrected chi connectivity index (χ0v) is 13.9. The van der Waals surface area contributed by atoms with Gasteiger partial charge in [-0.3, -0.25) is 10.1 Å². The predicted molar refractivity (Wildman–Crippen MR) is 95.4 cm³/mol. The fourth-order valence-electron chi connectivity index (χ4n) is 2.00. The van der Waals surface area contributed by atoms with Gasteiger partial charge in [-0.2, -0.15) is 0 Å². The zero-order valence-electron chi connectivity index (χ0n) is 13.0. The summed E-state index contributed by atoms with van der Waals surface area (Å²) in [6, 6.07) is 10.4. The van der Waals surface area contributed by atoms with Gasteiger partial charge >= 0.3 is 0 Å². The van der Waals surface area contributed by atoms with E-state index in [-0.39, 0.29) is 10.8 Å². The van der Waals surface area contributed by atoms with Gasteiger partial charge < -0.3 is 15.4 Å². The normalized spacial score (nSPS) is 10.0. The van der Waals surface area contributed by atoms with Crippen LogP contribution in [-0.2, 0) is 0 Å². The number of benzene rings is 2. The molecule has 2 aromatic carbocycles. The van der Waals surface area contributed by atoms with Crippen LogP contribution in [0.3, 0.4) is 0 Å². The number of thiocarbonyl (C=S) groups is 1. The smallest absolute Gasteiger partial charge is 0.296 e. The Hall–Kier alpha value is -2.67. The van der Waals surface area contributed by atoms with Gasteiger partial charge in [0.1, 0.15) is 11.4 Å². The first-order valence-corrected chi connectivity index (χ1v) is 7.29. The number of rotatable bonds is 4. The van der Waals surface area contributed by atoms with Gasteiger partial charge in [0.2, 0.25) is 0 Å². The summed E-state index contributed by atoms with van der Waals surface area (Å²) in [5.41, 5.74) is 3.33. The summed E-state index contributed by atoms with van der Waals surface area (Å²) >= 11 is 5.23. The van der Waals surface area contributed by atoms with Crippen molar-refractivity contribution >= 4 is 34.4 Å². The molecule has 0 aliphatic rings. The summed E-state index contributed by atoms with van der Waals surface area (Å²) in [6.45, 7) is 4.03. The number of methoxy groups -OCH3 is 1. The highest BCUT2D eigenvalue weighted by Gasteiger charge is 2.16. The fraction of sp³-hybridized carbons (Fsp3) is 0.188. The van der Waals surface area contributed by atoms with Crippen LogP contribution in [0.4, 0.5) is 17.1 Å². The monoisotopic (exact) mass is 331 g/mol. The van der Waals surface area contributed by atoms with Crippen molar-refractivity contribution in [2.24, 2.45) is 0 Å². The Morgan fingerprint density at radius 3 is 2.48 bits per heavy atom. The molecule has 2 rings (SSSR count). The molecule has 0 bridgehead atoms. The third-order valence-corrected chi connectivity index (χ3v) is 3.62. The molecule has 2 N–H and O–H groups in total.